The van der Waals surface area contributed by atoms with Gasteiger partial charge in [0.15, 0.2) is 0 Å². The van der Waals surface area contributed by atoms with Crippen LogP contribution in [0.15, 0.2) is 71.3 Å². The molecule has 0 bridgehead atoms. The van der Waals surface area contributed by atoms with Crippen molar-refractivity contribution in [3.8, 4) is 0 Å². The number of carboxylic acids is 1. The Morgan fingerprint density at radius 1 is 1.15 bits per heavy atom. The summed E-state index contributed by atoms with van der Waals surface area (Å²) < 4.78 is 0. The number of carbonyl (C=O) groups is 1. The summed E-state index contributed by atoms with van der Waals surface area (Å²) in [6.07, 6.45) is 7.76. The predicted octanol–water partition coefficient (Wildman–Crippen LogP) is 3.29. The van der Waals surface area contributed by atoms with E-state index in [4.69, 9.17) is 9.94 Å². The first-order valence-corrected chi connectivity index (χ1v) is 11.6. The molecule has 2 aromatic rings. The number of hydrazone groups is 1. The van der Waals surface area contributed by atoms with E-state index in [1.807, 2.05) is 17.2 Å². The first-order chi connectivity index (χ1) is 16.2. The molecule has 7 nitrogen and oxygen atoms in total. The van der Waals surface area contributed by atoms with Crippen molar-refractivity contribution >= 4 is 12.2 Å². The summed E-state index contributed by atoms with van der Waals surface area (Å²) in [7, 11) is 0. The van der Waals surface area contributed by atoms with Gasteiger partial charge in [0.2, 0.25) is 0 Å². The summed E-state index contributed by atoms with van der Waals surface area (Å²) in [5.41, 5.74) is 11.2. The zero-order chi connectivity index (χ0) is 22.9. The summed E-state index contributed by atoms with van der Waals surface area (Å²) in [4.78, 5) is 18.6. The topological polar surface area (TPSA) is 86.2 Å². The van der Waals surface area contributed by atoms with Gasteiger partial charge in [-0.25, -0.2) is 0 Å². The van der Waals surface area contributed by atoms with Gasteiger partial charge < -0.3 is 10.5 Å². The van der Waals surface area contributed by atoms with Gasteiger partial charge in [-0.05, 0) is 36.0 Å². The second-order valence-corrected chi connectivity index (χ2v) is 8.63. The fourth-order valence-corrected chi connectivity index (χ4v) is 4.27. The van der Waals surface area contributed by atoms with Crippen molar-refractivity contribution in [3.05, 3.63) is 82.9 Å². The lowest BCUT2D eigenvalue weighted by Crippen LogP contribution is -2.35. The number of hydrogen-bond donors (Lipinski definition) is 3. The summed E-state index contributed by atoms with van der Waals surface area (Å²) in [6, 6.07) is 18.9. The van der Waals surface area contributed by atoms with E-state index in [-0.39, 0.29) is 18.7 Å². The Hall–Kier alpha value is -3.00. The smallest absolute Gasteiger partial charge is 0.317 e. The van der Waals surface area contributed by atoms with Gasteiger partial charge in [-0.2, -0.15) is 10.6 Å². The molecule has 2 aromatic carbocycles. The minimum absolute atomic E-state index is 0.0473. The number of rotatable bonds is 9. The van der Waals surface area contributed by atoms with Gasteiger partial charge in [0.05, 0.1) is 24.9 Å². The van der Waals surface area contributed by atoms with Crippen molar-refractivity contribution in [3.63, 3.8) is 0 Å². The predicted molar refractivity (Wildman–Crippen MR) is 129 cm³/mol. The van der Waals surface area contributed by atoms with Crippen LogP contribution < -0.4 is 10.9 Å². The summed E-state index contributed by atoms with van der Waals surface area (Å²) in [6.45, 7) is 2.52. The van der Waals surface area contributed by atoms with Crippen LogP contribution in [0.25, 0.3) is 0 Å². The first-order valence-electron chi connectivity index (χ1n) is 11.6. The molecule has 0 amide bonds. The second-order valence-electron chi connectivity index (χ2n) is 8.63. The SMILES string of the molecule is O=C(O)CN1CCC(=CC2CC(c3ccc(C=NNCCc4ccccc4)cc3)NO2)CC1. The van der Waals surface area contributed by atoms with Crippen LogP contribution in [0.1, 0.15) is 42.0 Å². The van der Waals surface area contributed by atoms with Gasteiger partial charge >= 0.3 is 5.97 Å². The molecule has 2 atom stereocenters. The highest BCUT2D eigenvalue weighted by Gasteiger charge is 2.26. The number of hydroxylamine groups is 1. The van der Waals surface area contributed by atoms with Crippen molar-refractivity contribution in [1.82, 2.24) is 15.8 Å². The molecule has 0 aliphatic carbocycles. The molecule has 33 heavy (non-hydrogen) atoms. The molecule has 2 unspecified atom stereocenters. The Morgan fingerprint density at radius 2 is 1.91 bits per heavy atom. The van der Waals surface area contributed by atoms with Crippen LogP contribution in [0.2, 0.25) is 0 Å². The monoisotopic (exact) mass is 448 g/mol. The zero-order valence-corrected chi connectivity index (χ0v) is 18.8. The maximum Gasteiger partial charge on any atom is 0.317 e. The van der Waals surface area contributed by atoms with E-state index < -0.39 is 5.97 Å². The second kappa shape index (κ2) is 11.7. The maximum absolute atomic E-state index is 10.9. The van der Waals surface area contributed by atoms with E-state index in [0.717, 1.165) is 50.9 Å². The maximum atomic E-state index is 10.9. The van der Waals surface area contributed by atoms with E-state index in [9.17, 15) is 4.79 Å². The van der Waals surface area contributed by atoms with Gasteiger partial charge in [0.25, 0.3) is 0 Å². The summed E-state index contributed by atoms with van der Waals surface area (Å²) in [5, 5.41) is 13.2. The Bertz CT molecular complexity index is 949. The molecule has 7 heteroatoms. The van der Waals surface area contributed by atoms with Crippen LogP contribution in [-0.4, -0.2) is 54.5 Å². The van der Waals surface area contributed by atoms with Crippen LogP contribution in [-0.2, 0) is 16.1 Å². The fraction of sp³-hybridized carbons (Fsp3) is 0.385. The number of piperidine rings is 1. The standard InChI is InChI=1S/C26H32N4O3/c31-26(32)19-30-14-11-21(12-15-30)16-24-17-25(29-33-24)23-8-6-22(7-9-23)18-28-27-13-10-20-4-2-1-3-5-20/h1-9,16,18,24-25,27,29H,10-15,17,19H2,(H,31,32). The third kappa shape index (κ3) is 7.25. The molecule has 0 radical (unpaired) electrons. The Balaban J connectivity index is 1.20. The number of hydrogen-bond acceptors (Lipinski definition) is 6. The van der Waals surface area contributed by atoms with Crippen LogP contribution in [0.5, 0.6) is 0 Å². The molecule has 2 saturated heterocycles. The van der Waals surface area contributed by atoms with Crippen LogP contribution in [0, 0.1) is 0 Å². The largest absolute Gasteiger partial charge is 0.480 e. The number of aliphatic carboxylic acids is 1. The number of likely N-dealkylation sites (tertiary alicyclic amines) is 1. The van der Waals surface area contributed by atoms with E-state index in [1.54, 1.807) is 0 Å². The minimum atomic E-state index is -0.759. The highest BCUT2D eigenvalue weighted by atomic mass is 16.7. The molecule has 2 aliphatic rings. The molecule has 4 rings (SSSR count). The lowest BCUT2D eigenvalue weighted by Gasteiger charge is -2.27. The van der Waals surface area contributed by atoms with Crippen LogP contribution in [0.3, 0.4) is 0 Å². The molecule has 0 spiro atoms. The average Bonchev–Trinajstić information content (AvgIpc) is 3.29. The van der Waals surface area contributed by atoms with Crippen LogP contribution in [0.4, 0.5) is 0 Å². The Labute approximate surface area is 195 Å². The summed E-state index contributed by atoms with van der Waals surface area (Å²) >= 11 is 0. The molecule has 0 aromatic heterocycles. The van der Waals surface area contributed by atoms with Gasteiger partial charge in [-0.15, -0.1) is 0 Å². The number of benzene rings is 2. The number of nitrogens with zero attached hydrogens (tertiary/aromatic N) is 2. The molecule has 3 N–H and O–H groups in total. The first kappa shape index (κ1) is 23.2. The molecule has 0 saturated carbocycles. The van der Waals surface area contributed by atoms with Gasteiger partial charge in [0.1, 0.15) is 0 Å². The van der Waals surface area contributed by atoms with Crippen LogP contribution >= 0.6 is 0 Å². The fourth-order valence-electron chi connectivity index (χ4n) is 4.27. The van der Waals surface area contributed by atoms with Crippen molar-refractivity contribution < 1.29 is 14.7 Å². The van der Waals surface area contributed by atoms with E-state index in [1.165, 1.54) is 16.7 Å². The highest BCUT2D eigenvalue weighted by Crippen LogP contribution is 2.28. The van der Waals surface area contributed by atoms with Crippen molar-refractivity contribution in [1.29, 1.82) is 0 Å². The van der Waals surface area contributed by atoms with Gasteiger partial charge in [-0.1, -0.05) is 66.2 Å². The quantitative estimate of drug-likeness (QED) is 0.236. The van der Waals surface area contributed by atoms with Gasteiger partial charge in [-0.3, -0.25) is 14.5 Å². The third-order valence-electron chi connectivity index (χ3n) is 6.12. The lowest BCUT2D eigenvalue weighted by atomic mass is 9.97. The molecular weight excluding hydrogens is 416 g/mol. The van der Waals surface area contributed by atoms with E-state index >= 15 is 0 Å². The third-order valence-corrected chi connectivity index (χ3v) is 6.12. The van der Waals surface area contributed by atoms with Gasteiger partial charge in [0, 0.05) is 26.1 Å². The molecule has 2 aliphatic heterocycles. The molecule has 2 fully saturated rings. The van der Waals surface area contributed by atoms with Crippen molar-refractivity contribution in [2.24, 2.45) is 5.10 Å². The lowest BCUT2D eigenvalue weighted by molar-refractivity contribution is -0.138. The normalized spacial score (nSPS) is 21.4. The number of carboxylic acid groups (broad SMARTS) is 1. The summed E-state index contributed by atoms with van der Waals surface area (Å²) in [5.74, 6) is -0.759. The molecule has 174 valence electrons. The molecular formula is C26H32N4O3. The zero-order valence-electron chi connectivity index (χ0n) is 18.8. The Morgan fingerprint density at radius 3 is 2.64 bits per heavy atom. The van der Waals surface area contributed by atoms with Crippen molar-refractivity contribution in [2.45, 2.75) is 37.8 Å². The van der Waals surface area contributed by atoms with E-state index in [0.29, 0.717) is 0 Å². The molecule has 2 heterocycles. The Kier molecular flexibility index (Phi) is 8.24. The number of nitrogens with one attached hydrogen (secondary N) is 2. The minimum Gasteiger partial charge on any atom is -0.480 e. The average molecular weight is 449 g/mol. The van der Waals surface area contributed by atoms with E-state index in [2.05, 4.69) is 70.6 Å². The highest BCUT2D eigenvalue weighted by molar-refractivity contribution is 5.79. The van der Waals surface area contributed by atoms with Crippen molar-refractivity contribution in [2.75, 3.05) is 26.2 Å².